The topological polar surface area (TPSA) is 21.3 Å². The molecule has 3 nitrogen and oxygen atoms in total. The van der Waals surface area contributed by atoms with E-state index in [0.717, 1.165) is 39.3 Å². The highest BCUT2D eigenvalue weighted by Crippen LogP contribution is 2.52. The van der Waals surface area contributed by atoms with Gasteiger partial charge in [-0.25, -0.2) is 0 Å². The second-order valence-corrected chi connectivity index (χ2v) is 14.6. The number of furan rings is 1. The number of hydrogen-bond donors (Lipinski definition) is 0. The molecule has 0 spiro atoms. The lowest BCUT2D eigenvalue weighted by atomic mass is 9.65. The molecule has 0 N–H and O–H groups in total. The van der Waals surface area contributed by atoms with Gasteiger partial charge in [-0.1, -0.05) is 120 Å². The fourth-order valence-electron chi connectivity index (χ4n) is 8.52. The summed E-state index contributed by atoms with van der Waals surface area (Å²) < 4.78 is 8.78. The number of rotatable bonds is 6. The smallest absolute Gasteiger partial charge is 0.131 e. The first-order chi connectivity index (χ1) is 28.2. The molecule has 1 aliphatic rings. The van der Waals surface area contributed by atoms with Gasteiger partial charge in [-0.3, -0.25) is 0 Å². The van der Waals surface area contributed by atoms with Gasteiger partial charge in [-0.05, 0) is 75.5 Å². The summed E-state index contributed by atoms with van der Waals surface area (Å²) in [5.41, 5.74) is 11.6. The molecule has 0 saturated heterocycles. The lowest BCUT2D eigenvalue weighted by Crippen LogP contribution is -2.47. The molecule has 7 aromatic carbocycles. The summed E-state index contributed by atoms with van der Waals surface area (Å²) in [6, 6.07) is 47.1. The van der Waals surface area contributed by atoms with Gasteiger partial charge in [0, 0.05) is 38.9 Å². The SMILES string of the molecule is [B]C1=C([B])C([B])c2c1n(-c1ccccc1)c1c(N(c3ccc(-c4ccccc4)cc3)c3ccc(-c4ccccc4)cc3)c([B])c3oc4c([B])c([B])c([B])c([B])c4c3c21. The van der Waals surface area contributed by atoms with Crippen LogP contribution in [-0.4, -0.2) is 67.3 Å². The number of hydrogen-bond acceptors (Lipinski definition) is 2. The van der Waals surface area contributed by atoms with E-state index in [4.69, 9.17) is 67.2 Å². The molecule has 1 unspecified atom stereocenters. The van der Waals surface area contributed by atoms with Crippen LogP contribution in [0.1, 0.15) is 17.1 Å². The highest BCUT2D eigenvalue weighted by atomic mass is 16.3. The molecule has 0 saturated carbocycles. The van der Waals surface area contributed by atoms with Crippen LogP contribution < -0.4 is 32.2 Å². The van der Waals surface area contributed by atoms with E-state index in [9.17, 15) is 0 Å². The number of allylic oxidation sites excluding steroid dienone is 1. The number of benzene rings is 7. The van der Waals surface area contributed by atoms with E-state index >= 15 is 0 Å². The molecule has 0 aliphatic heterocycles. The van der Waals surface area contributed by atoms with Gasteiger partial charge in [0.2, 0.25) is 0 Å². The van der Waals surface area contributed by atoms with Gasteiger partial charge in [0.15, 0.2) is 0 Å². The Morgan fingerprint density at radius 2 is 0.931 bits per heavy atom. The fourth-order valence-corrected chi connectivity index (χ4v) is 8.52. The summed E-state index contributed by atoms with van der Waals surface area (Å²) >= 11 is 0. The number of para-hydroxylation sites is 1. The summed E-state index contributed by atoms with van der Waals surface area (Å²) in [4.78, 5) is 2.13. The van der Waals surface area contributed by atoms with Crippen LogP contribution >= 0.6 is 0 Å². The molecule has 0 amide bonds. The van der Waals surface area contributed by atoms with Crippen LogP contribution in [0.4, 0.5) is 17.1 Å². The van der Waals surface area contributed by atoms with Crippen LogP contribution in [0.15, 0.2) is 149 Å². The standard InChI is InChI=1S/C47H24B8N2O/c48-35-33-31-32-34-36(49)37(50)39(52)41(54)47(34)58-46(32)42(55)45(44(31)57(28-14-8-3-9-15-28)43(33)40(53)38(35)51)56(29-20-16-26(17-21-29)24-10-4-1-5-11-24)30-22-18-27(19-23-30)25-12-6-2-7-13-25/h1-23,35H. The second kappa shape index (κ2) is 13.8. The number of aromatic nitrogens is 1. The Labute approximate surface area is 347 Å². The van der Waals surface area contributed by atoms with Crippen LogP contribution in [0.3, 0.4) is 0 Å². The van der Waals surface area contributed by atoms with E-state index in [1.54, 1.807) is 0 Å². The summed E-state index contributed by atoms with van der Waals surface area (Å²) in [7, 11) is 54.6. The predicted octanol–water partition coefficient (Wildman–Crippen LogP) is 5.53. The first-order valence-electron chi connectivity index (χ1n) is 18.8. The summed E-state index contributed by atoms with van der Waals surface area (Å²) in [5, 5.41) is 1.73. The third-order valence-corrected chi connectivity index (χ3v) is 11.4. The van der Waals surface area contributed by atoms with Crippen molar-refractivity contribution in [2.75, 3.05) is 4.90 Å². The summed E-state index contributed by atoms with van der Waals surface area (Å²) in [5.74, 6) is -0.777. The van der Waals surface area contributed by atoms with Crippen molar-refractivity contribution in [1.29, 1.82) is 0 Å². The zero-order valence-corrected chi connectivity index (χ0v) is 31.3. The maximum atomic E-state index is 7.51. The van der Waals surface area contributed by atoms with Gasteiger partial charge in [0.1, 0.15) is 66.1 Å². The Bertz CT molecular complexity index is 3040. The molecule has 252 valence electrons. The van der Waals surface area contributed by atoms with Crippen LogP contribution in [0.5, 0.6) is 0 Å². The van der Waals surface area contributed by atoms with Crippen molar-refractivity contribution in [3.8, 4) is 27.9 Å². The van der Waals surface area contributed by atoms with E-state index in [1.165, 1.54) is 0 Å². The Morgan fingerprint density at radius 1 is 0.466 bits per heavy atom. The monoisotopic (exact) mass is 720 g/mol. The number of fused-ring (bicyclic) bond motifs is 7. The Hall–Kier alpha value is -6.06. The fraction of sp³-hybridized carbons (Fsp3) is 0.0213. The van der Waals surface area contributed by atoms with E-state index in [1.807, 2.05) is 66.7 Å². The average Bonchev–Trinajstić information content (AvgIpc) is 3.90. The number of anilines is 3. The molecule has 11 heteroatoms. The van der Waals surface area contributed by atoms with E-state index in [-0.39, 0.29) is 27.4 Å². The zero-order chi connectivity index (χ0) is 40.0. The Morgan fingerprint density at radius 3 is 1.47 bits per heavy atom. The van der Waals surface area contributed by atoms with Crippen LogP contribution in [-0.2, 0) is 0 Å². The van der Waals surface area contributed by atoms with Crippen LogP contribution in [0.25, 0.3) is 66.3 Å². The van der Waals surface area contributed by atoms with Gasteiger partial charge in [0.25, 0.3) is 0 Å². The highest BCUT2D eigenvalue weighted by Gasteiger charge is 2.36. The minimum atomic E-state index is -0.777. The molecule has 10 rings (SSSR count). The second-order valence-electron chi connectivity index (χ2n) is 14.6. The summed E-state index contributed by atoms with van der Waals surface area (Å²) in [6.07, 6.45) is 0. The molecule has 2 aromatic heterocycles. The molecule has 0 bridgehead atoms. The maximum Gasteiger partial charge on any atom is 0.131 e. The Kier molecular flexibility index (Phi) is 8.64. The van der Waals surface area contributed by atoms with Crippen molar-refractivity contribution < 1.29 is 4.42 Å². The minimum absolute atomic E-state index is 0.122. The molecule has 1 aliphatic carbocycles. The molecule has 58 heavy (non-hydrogen) atoms. The first-order valence-corrected chi connectivity index (χ1v) is 18.8. The van der Waals surface area contributed by atoms with Gasteiger partial charge < -0.3 is 13.9 Å². The highest BCUT2D eigenvalue weighted by molar-refractivity contribution is 6.68. The van der Waals surface area contributed by atoms with Crippen molar-refractivity contribution in [2.24, 2.45) is 0 Å². The van der Waals surface area contributed by atoms with Crippen LogP contribution in [0.2, 0.25) is 0 Å². The normalized spacial score (nSPS) is 13.8. The molecule has 16 radical (unpaired) electrons. The van der Waals surface area contributed by atoms with Gasteiger partial charge in [-0.15, -0.1) is 16.4 Å². The average molecular weight is 719 g/mol. The molecule has 9 aromatic rings. The van der Waals surface area contributed by atoms with Crippen molar-refractivity contribution in [3.05, 3.63) is 156 Å². The minimum Gasteiger partial charge on any atom is -0.457 e. The van der Waals surface area contributed by atoms with Gasteiger partial charge >= 0.3 is 0 Å². The Balaban J connectivity index is 1.38. The molecular formula is C47H24B8N2O. The number of nitrogens with zero attached hydrogens (tertiary/aromatic N) is 2. The van der Waals surface area contributed by atoms with Crippen molar-refractivity contribution in [1.82, 2.24) is 4.57 Å². The predicted molar refractivity (Wildman–Crippen MR) is 250 cm³/mol. The lowest BCUT2D eigenvalue weighted by Gasteiger charge is -2.30. The van der Waals surface area contributed by atoms with Crippen molar-refractivity contribution in [3.63, 3.8) is 0 Å². The third kappa shape index (κ3) is 5.32. The maximum absolute atomic E-state index is 7.51. The largest absolute Gasteiger partial charge is 0.457 e. The molecule has 2 heterocycles. The molecule has 1 atom stereocenters. The van der Waals surface area contributed by atoms with E-state index in [0.29, 0.717) is 60.6 Å². The van der Waals surface area contributed by atoms with Crippen molar-refractivity contribution >= 4 is 145 Å². The molecular weight excluding hydrogens is 695 g/mol. The lowest BCUT2D eigenvalue weighted by molar-refractivity contribution is 0.675. The van der Waals surface area contributed by atoms with Gasteiger partial charge in [-0.2, -0.15) is 0 Å². The van der Waals surface area contributed by atoms with E-state index < -0.39 is 5.82 Å². The quantitative estimate of drug-likeness (QED) is 0.211. The summed E-state index contributed by atoms with van der Waals surface area (Å²) in [6.45, 7) is 0. The van der Waals surface area contributed by atoms with Crippen LogP contribution in [0, 0.1) is 0 Å². The first kappa shape index (κ1) is 36.3. The van der Waals surface area contributed by atoms with Gasteiger partial charge in [0.05, 0.1) is 19.1 Å². The third-order valence-electron chi connectivity index (χ3n) is 11.4. The zero-order valence-electron chi connectivity index (χ0n) is 31.3. The molecule has 0 fully saturated rings. The van der Waals surface area contributed by atoms with E-state index in [2.05, 4.69) is 82.3 Å². The van der Waals surface area contributed by atoms with Crippen molar-refractivity contribution in [2.45, 2.75) is 5.82 Å².